The quantitative estimate of drug-likeness (QED) is 0.420. The van der Waals surface area contributed by atoms with E-state index in [0.717, 1.165) is 11.1 Å². The van der Waals surface area contributed by atoms with Crippen LogP contribution in [0.4, 0.5) is 6.01 Å². The zero-order chi connectivity index (χ0) is 20.3. The number of carbonyl (C=O) groups excluding carboxylic acids is 1. The van der Waals surface area contributed by atoms with Crippen molar-refractivity contribution < 1.29 is 18.0 Å². The van der Waals surface area contributed by atoms with Gasteiger partial charge in [-0.25, -0.2) is 0 Å². The summed E-state index contributed by atoms with van der Waals surface area (Å²) in [5.74, 6) is 0.792. The second-order valence-electron chi connectivity index (χ2n) is 6.45. The molecule has 0 spiro atoms. The lowest BCUT2D eigenvalue weighted by molar-refractivity contribution is 0.102. The topological polar surface area (TPSA) is 94.3 Å². The van der Waals surface area contributed by atoms with Crippen molar-refractivity contribution in [1.29, 1.82) is 0 Å². The molecule has 5 rings (SSSR count). The standard InChI is InChI=1S/C23H15N3O4/c27-21(24-23-26-25-22(30-23)20-9-5-13-29-20)18-14-16(15-6-2-1-3-7-15)10-11-17(18)19-8-4-12-28-19/h1-14H,(H,24,26,27). The van der Waals surface area contributed by atoms with Crippen molar-refractivity contribution >= 4 is 11.9 Å². The molecule has 7 nitrogen and oxygen atoms in total. The first-order valence-electron chi connectivity index (χ1n) is 9.20. The molecular formula is C23H15N3O4. The third-order valence-electron chi connectivity index (χ3n) is 4.54. The van der Waals surface area contributed by atoms with Crippen LogP contribution in [0.3, 0.4) is 0 Å². The van der Waals surface area contributed by atoms with Crippen molar-refractivity contribution in [3.63, 3.8) is 0 Å². The van der Waals surface area contributed by atoms with Crippen molar-refractivity contribution in [2.75, 3.05) is 5.32 Å². The molecule has 0 fully saturated rings. The molecule has 7 heteroatoms. The predicted octanol–water partition coefficient (Wildman–Crippen LogP) is 5.51. The molecule has 1 N–H and O–H groups in total. The molecule has 1 amide bonds. The summed E-state index contributed by atoms with van der Waals surface area (Å²) in [4.78, 5) is 13.1. The number of benzene rings is 2. The van der Waals surface area contributed by atoms with Crippen LogP contribution >= 0.6 is 0 Å². The van der Waals surface area contributed by atoms with Gasteiger partial charge < -0.3 is 13.3 Å². The van der Waals surface area contributed by atoms with Gasteiger partial charge in [0.2, 0.25) is 0 Å². The monoisotopic (exact) mass is 397 g/mol. The lowest BCUT2D eigenvalue weighted by Gasteiger charge is -2.10. The van der Waals surface area contributed by atoms with Gasteiger partial charge in [0, 0.05) is 5.56 Å². The maximum atomic E-state index is 13.1. The number of rotatable bonds is 5. The van der Waals surface area contributed by atoms with Crippen molar-refractivity contribution in [2.24, 2.45) is 0 Å². The molecule has 0 aliphatic rings. The smallest absolute Gasteiger partial charge is 0.322 e. The maximum absolute atomic E-state index is 13.1. The average Bonchev–Trinajstić information content (AvgIpc) is 3.56. The molecule has 2 aromatic carbocycles. The highest BCUT2D eigenvalue weighted by atomic mass is 16.4. The highest BCUT2D eigenvalue weighted by Gasteiger charge is 2.19. The number of hydrogen-bond acceptors (Lipinski definition) is 6. The van der Waals surface area contributed by atoms with E-state index in [1.54, 1.807) is 30.5 Å². The summed E-state index contributed by atoms with van der Waals surface area (Å²) in [6.07, 6.45) is 3.07. The third-order valence-corrected chi connectivity index (χ3v) is 4.54. The molecule has 0 bridgehead atoms. The van der Waals surface area contributed by atoms with Gasteiger partial charge in [0.25, 0.3) is 11.8 Å². The Kier molecular flexibility index (Phi) is 4.46. The molecule has 0 aliphatic heterocycles. The Balaban J connectivity index is 1.50. The van der Waals surface area contributed by atoms with Gasteiger partial charge in [0.05, 0.1) is 18.1 Å². The molecule has 0 atom stereocenters. The molecule has 146 valence electrons. The number of nitrogens with zero attached hydrogens (tertiary/aromatic N) is 2. The minimum atomic E-state index is -0.395. The number of amides is 1. The third kappa shape index (κ3) is 3.40. The number of anilines is 1. The fourth-order valence-electron chi connectivity index (χ4n) is 3.13. The van der Waals surface area contributed by atoms with Crippen LogP contribution in [0, 0.1) is 0 Å². The fraction of sp³-hybridized carbons (Fsp3) is 0. The molecule has 0 unspecified atom stereocenters. The number of aromatic nitrogens is 2. The summed E-state index contributed by atoms with van der Waals surface area (Å²) in [6.45, 7) is 0. The molecule has 0 aliphatic carbocycles. The summed E-state index contributed by atoms with van der Waals surface area (Å²) >= 11 is 0. The molecule has 5 aromatic rings. The molecular weight excluding hydrogens is 382 g/mol. The maximum Gasteiger partial charge on any atom is 0.322 e. The highest BCUT2D eigenvalue weighted by molar-refractivity contribution is 6.08. The van der Waals surface area contributed by atoms with Crippen LogP contribution in [0.15, 0.2) is 98.6 Å². The van der Waals surface area contributed by atoms with Crippen LogP contribution < -0.4 is 5.32 Å². The largest absolute Gasteiger partial charge is 0.464 e. The first kappa shape index (κ1) is 17.7. The van der Waals surface area contributed by atoms with E-state index in [-0.39, 0.29) is 11.9 Å². The van der Waals surface area contributed by atoms with Crippen molar-refractivity contribution in [1.82, 2.24) is 10.2 Å². The van der Waals surface area contributed by atoms with Gasteiger partial charge in [-0.15, -0.1) is 5.10 Å². The Bertz CT molecular complexity index is 1270. The summed E-state index contributed by atoms with van der Waals surface area (Å²) in [5, 5.41) is 10.4. The number of carbonyl (C=O) groups is 1. The van der Waals surface area contributed by atoms with E-state index < -0.39 is 5.91 Å². The van der Waals surface area contributed by atoms with E-state index in [4.69, 9.17) is 13.3 Å². The summed E-state index contributed by atoms with van der Waals surface area (Å²) in [5.41, 5.74) is 2.97. The van der Waals surface area contributed by atoms with E-state index in [1.807, 2.05) is 48.5 Å². The second-order valence-corrected chi connectivity index (χ2v) is 6.45. The van der Waals surface area contributed by atoms with Crippen molar-refractivity contribution in [3.8, 4) is 34.1 Å². The van der Waals surface area contributed by atoms with Gasteiger partial charge in [0.1, 0.15) is 5.76 Å². The SMILES string of the molecule is O=C(Nc1nnc(-c2ccco2)o1)c1cc(-c2ccccc2)ccc1-c1ccco1. The summed E-state index contributed by atoms with van der Waals surface area (Å²) in [6, 6.07) is 22.4. The van der Waals surface area contributed by atoms with Crippen LogP contribution in [0.1, 0.15) is 10.4 Å². The van der Waals surface area contributed by atoms with E-state index in [1.165, 1.54) is 6.26 Å². The predicted molar refractivity (Wildman–Crippen MR) is 110 cm³/mol. The molecule has 0 radical (unpaired) electrons. The Labute approximate surface area is 171 Å². The minimum Gasteiger partial charge on any atom is -0.464 e. The first-order valence-corrected chi connectivity index (χ1v) is 9.20. The van der Waals surface area contributed by atoms with Gasteiger partial charge in [0.15, 0.2) is 5.76 Å². The average molecular weight is 397 g/mol. The van der Waals surface area contributed by atoms with Crippen LogP contribution in [0.5, 0.6) is 0 Å². The molecule has 30 heavy (non-hydrogen) atoms. The second kappa shape index (κ2) is 7.56. The molecule has 3 aromatic heterocycles. The van der Waals surface area contributed by atoms with Gasteiger partial charge in [-0.2, -0.15) is 0 Å². The fourth-order valence-corrected chi connectivity index (χ4v) is 3.13. The normalized spacial score (nSPS) is 10.8. The molecule has 0 saturated heterocycles. The minimum absolute atomic E-state index is 0.0260. The molecule has 3 heterocycles. The van der Waals surface area contributed by atoms with Crippen LogP contribution in [0.2, 0.25) is 0 Å². The Morgan fingerprint density at radius 3 is 2.27 bits per heavy atom. The summed E-state index contributed by atoms with van der Waals surface area (Å²) < 4.78 is 16.2. The lowest BCUT2D eigenvalue weighted by atomic mass is 9.97. The van der Waals surface area contributed by atoms with Gasteiger partial charge in [-0.05, 0) is 47.5 Å². The number of furan rings is 2. The van der Waals surface area contributed by atoms with Gasteiger partial charge in [-0.3, -0.25) is 10.1 Å². The Morgan fingerprint density at radius 2 is 1.53 bits per heavy atom. The lowest BCUT2D eigenvalue weighted by Crippen LogP contribution is -2.13. The van der Waals surface area contributed by atoms with Crippen molar-refractivity contribution in [3.05, 3.63) is 90.9 Å². The van der Waals surface area contributed by atoms with E-state index >= 15 is 0 Å². The molecule has 0 saturated carbocycles. The van der Waals surface area contributed by atoms with Gasteiger partial charge in [-0.1, -0.05) is 41.5 Å². The van der Waals surface area contributed by atoms with Crippen LogP contribution in [-0.4, -0.2) is 16.1 Å². The van der Waals surface area contributed by atoms with E-state index in [2.05, 4.69) is 15.5 Å². The first-order chi connectivity index (χ1) is 14.8. The van der Waals surface area contributed by atoms with Crippen LogP contribution in [0.25, 0.3) is 34.1 Å². The Morgan fingerprint density at radius 1 is 0.767 bits per heavy atom. The number of hydrogen-bond donors (Lipinski definition) is 1. The summed E-state index contributed by atoms with van der Waals surface area (Å²) in [7, 11) is 0. The zero-order valence-electron chi connectivity index (χ0n) is 15.6. The van der Waals surface area contributed by atoms with E-state index in [9.17, 15) is 4.79 Å². The Hall–Kier alpha value is -4.39. The van der Waals surface area contributed by atoms with E-state index in [0.29, 0.717) is 22.6 Å². The zero-order valence-corrected chi connectivity index (χ0v) is 15.6. The van der Waals surface area contributed by atoms with Crippen molar-refractivity contribution in [2.45, 2.75) is 0 Å². The highest BCUT2D eigenvalue weighted by Crippen LogP contribution is 2.30. The van der Waals surface area contributed by atoms with Crippen LogP contribution in [-0.2, 0) is 0 Å². The van der Waals surface area contributed by atoms with Gasteiger partial charge >= 0.3 is 6.01 Å². The number of nitrogens with one attached hydrogen (secondary N) is 1.